The number of benzene rings is 1. The lowest BCUT2D eigenvalue weighted by atomic mass is 10.1. The molecule has 0 saturated heterocycles. The zero-order valence-electron chi connectivity index (χ0n) is 13.7. The summed E-state index contributed by atoms with van der Waals surface area (Å²) in [6.07, 6.45) is 2.61. The first-order valence-electron chi connectivity index (χ1n) is 7.91. The minimum Gasteiger partial charge on any atom is -0.452 e. The summed E-state index contributed by atoms with van der Waals surface area (Å²) in [6, 6.07) is 7.83. The van der Waals surface area contributed by atoms with Crippen molar-refractivity contribution in [3.05, 3.63) is 51.4 Å². The lowest BCUT2D eigenvalue weighted by molar-refractivity contribution is -0.119. The number of rotatable bonds is 5. The third-order valence-corrected chi connectivity index (χ3v) is 5.21. The minimum absolute atomic E-state index is 0.240. The zero-order valence-corrected chi connectivity index (χ0v) is 14.5. The summed E-state index contributed by atoms with van der Waals surface area (Å²) in [5, 5.41) is 11.7. The van der Waals surface area contributed by atoms with E-state index >= 15 is 0 Å². The highest BCUT2D eigenvalue weighted by atomic mass is 32.1. The van der Waals surface area contributed by atoms with Crippen LogP contribution in [0.1, 0.15) is 43.1 Å². The number of carbonyl (C=O) groups excluding carboxylic acids is 3. The van der Waals surface area contributed by atoms with Crippen LogP contribution in [0.5, 0.6) is 0 Å². The molecule has 7 nitrogen and oxygen atoms in total. The SMILES string of the molecule is N#Cc1ccc(C(=O)OCC(=O)Nc2sc3c(c2C(N)=O)CCC3)cc1. The molecule has 1 aliphatic rings. The molecular formula is C18H15N3O4S. The number of amides is 2. The van der Waals surface area contributed by atoms with Crippen molar-refractivity contribution in [3.63, 3.8) is 0 Å². The van der Waals surface area contributed by atoms with E-state index in [-0.39, 0.29) is 5.56 Å². The third kappa shape index (κ3) is 3.58. The Morgan fingerprint density at radius 2 is 1.96 bits per heavy atom. The van der Waals surface area contributed by atoms with Crippen molar-refractivity contribution in [1.29, 1.82) is 5.26 Å². The van der Waals surface area contributed by atoms with Crippen LogP contribution in [-0.4, -0.2) is 24.4 Å². The van der Waals surface area contributed by atoms with Gasteiger partial charge < -0.3 is 15.8 Å². The van der Waals surface area contributed by atoms with Crippen LogP contribution in [0.25, 0.3) is 0 Å². The van der Waals surface area contributed by atoms with Gasteiger partial charge >= 0.3 is 5.97 Å². The molecule has 0 saturated carbocycles. The van der Waals surface area contributed by atoms with Gasteiger partial charge in [-0.2, -0.15) is 5.26 Å². The molecule has 0 fully saturated rings. The molecule has 1 aliphatic carbocycles. The van der Waals surface area contributed by atoms with E-state index in [1.165, 1.54) is 35.6 Å². The Labute approximate surface area is 153 Å². The number of primary amides is 1. The fourth-order valence-electron chi connectivity index (χ4n) is 2.81. The normalized spacial score (nSPS) is 12.1. The van der Waals surface area contributed by atoms with Gasteiger partial charge in [-0.25, -0.2) is 4.79 Å². The first kappa shape index (κ1) is 17.6. The van der Waals surface area contributed by atoms with Crippen LogP contribution in [0.15, 0.2) is 24.3 Å². The van der Waals surface area contributed by atoms with E-state index in [9.17, 15) is 14.4 Å². The number of hydrogen-bond acceptors (Lipinski definition) is 6. The molecule has 0 aliphatic heterocycles. The fourth-order valence-corrected chi connectivity index (χ4v) is 4.12. The van der Waals surface area contributed by atoms with Crippen molar-refractivity contribution in [2.24, 2.45) is 5.73 Å². The van der Waals surface area contributed by atoms with E-state index in [4.69, 9.17) is 15.7 Å². The second-order valence-corrected chi connectivity index (χ2v) is 6.84. The molecule has 0 radical (unpaired) electrons. The standard InChI is InChI=1S/C18H15N3O4S/c19-8-10-4-6-11(7-5-10)18(24)25-9-14(22)21-17-15(16(20)23)12-2-1-3-13(12)26-17/h4-7H,1-3,9H2,(H2,20,23)(H,21,22). The number of fused-ring (bicyclic) bond motifs is 1. The molecule has 26 heavy (non-hydrogen) atoms. The van der Waals surface area contributed by atoms with Gasteiger partial charge in [-0.05, 0) is 49.1 Å². The van der Waals surface area contributed by atoms with Crippen molar-refractivity contribution in [1.82, 2.24) is 0 Å². The second kappa shape index (κ2) is 7.37. The Morgan fingerprint density at radius 3 is 2.62 bits per heavy atom. The van der Waals surface area contributed by atoms with Crippen molar-refractivity contribution in [2.75, 3.05) is 11.9 Å². The number of nitrogens with two attached hydrogens (primary N) is 1. The lowest BCUT2D eigenvalue weighted by Gasteiger charge is -2.07. The fraction of sp³-hybridized carbons (Fsp3) is 0.222. The second-order valence-electron chi connectivity index (χ2n) is 5.74. The van der Waals surface area contributed by atoms with Crippen LogP contribution in [0.4, 0.5) is 5.00 Å². The van der Waals surface area contributed by atoms with Crippen LogP contribution >= 0.6 is 11.3 Å². The smallest absolute Gasteiger partial charge is 0.338 e. The summed E-state index contributed by atoms with van der Waals surface area (Å²) in [5.74, 6) is -1.79. The zero-order chi connectivity index (χ0) is 18.7. The molecule has 0 bridgehead atoms. The maximum Gasteiger partial charge on any atom is 0.338 e. The number of nitrogens with one attached hydrogen (secondary N) is 1. The van der Waals surface area contributed by atoms with E-state index in [0.29, 0.717) is 16.1 Å². The summed E-state index contributed by atoms with van der Waals surface area (Å²) in [4.78, 5) is 36.8. The van der Waals surface area contributed by atoms with Crippen LogP contribution < -0.4 is 11.1 Å². The number of ether oxygens (including phenoxy) is 1. The third-order valence-electron chi connectivity index (χ3n) is 4.00. The van der Waals surface area contributed by atoms with Crippen molar-refractivity contribution >= 4 is 34.1 Å². The van der Waals surface area contributed by atoms with Gasteiger partial charge in [-0.3, -0.25) is 9.59 Å². The Kier molecular flexibility index (Phi) is 5.00. The number of nitriles is 1. The number of nitrogens with zero attached hydrogens (tertiary/aromatic N) is 1. The largest absolute Gasteiger partial charge is 0.452 e. The summed E-state index contributed by atoms with van der Waals surface area (Å²) in [7, 11) is 0. The van der Waals surface area contributed by atoms with E-state index in [0.717, 1.165) is 29.7 Å². The molecule has 3 rings (SSSR count). The van der Waals surface area contributed by atoms with E-state index in [2.05, 4.69) is 5.32 Å². The predicted molar refractivity (Wildman–Crippen MR) is 94.9 cm³/mol. The van der Waals surface area contributed by atoms with Gasteiger partial charge in [0.15, 0.2) is 6.61 Å². The summed E-state index contributed by atoms with van der Waals surface area (Å²) >= 11 is 1.34. The van der Waals surface area contributed by atoms with Gasteiger partial charge in [0.05, 0.1) is 22.8 Å². The topological polar surface area (TPSA) is 122 Å². The molecule has 2 amide bonds. The quantitative estimate of drug-likeness (QED) is 0.781. The van der Waals surface area contributed by atoms with Gasteiger partial charge in [0.2, 0.25) is 0 Å². The van der Waals surface area contributed by atoms with Crippen molar-refractivity contribution < 1.29 is 19.1 Å². The monoisotopic (exact) mass is 369 g/mol. The van der Waals surface area contributed by atoms with Gasteiger partial charge in [-0.1, -0.05) is 0 Å². The first-order valence-corrected chi connectivity index (χ1v) is 8.72. The molecule has 0 unspecified atom stereocenters. The van der Waals surface area contributed by atoms with Crippen LogP contribution in [0.2, 0.25) is 0 Å². The number of esters is 1. The molecule has 1 aromatic heterocycles. The van der Waals surface area contributed by atoms with E-state index < -0.39 is 24.4 Å². The number of hydrogen-bond donors (Lipinski definition) is 2. The molecule has 132 valence electrons. The molecule has 1 heterocycles. The maximum atomic E-state index is 12.1. The van der Waals surface area contributed by atoms with Crippen molar-refractivity contribution in [2.45, 2.75) is 19.3 Å². The molecule has 3 N–H and O–H groups in total. The summed E-state index contributed by atoms with van der Waals surface area (Å²) in [5.41, 5.74) is 7.36. The Balaban J connectivity index is 1.62. The van der Waals surface area contributed by atoms with Crippen molar-refractivity contribution in [3.8, 4) is 6.07 Å². The molecular weight excluding hydrogens is 354 g/mol. The number of thiophene rings is 1. The molecule has 0 atom stereocenters. The Bertz CT molecular complexity index is 925. The highest BCUT2D eigenvalue weighted by molar-refractivity contribution is 7.17. The molecule has 0 spiro atoms. The molecule has 1 aromatic carbocycles. The summed E-state index contributed by atoms with van der Waals surface area (Å²) in [6.45, 7) is -0.487. The Morgan fingerprint density at radius 1 is 1.23 bits per heavy atom. The number of anilines is 1. The van der Waals surface area contributed by atoms with E-state index in [1.807, 2.05) is 6.07 Å². The van der Waals surface area contributed by atoms with Crippen LogP contribution in [0, 0.1) is 11.3 Å². The number of aryl methyl sites for hydroxylation is 1. The van der Waals surface area contributed by atoms with Crippen LogP contribution in [-0.2, 0) is 22.4 Å². The van der Waals surface area contributed by atoms with Gasteiger partial charge in [-0.15, -0.1) is 11.3 Å². The highest BCUT2D eigenvalue weighted by Gasteiger charge is 2.26. The summed E-state index contributed by atoms with van der Waals surface area (Å²) < 4.78 is 4.97. The predicted octanol–water partition coefficient (Wildman–Crippen LogP) is 2.00. The van der Waals surface area contributed by atoms with Gasteiger partial charge in [0.1, 0.15) is 5.00 Å². The lowest BCUT2D eigenvalue weighted by Crippen LogP contribution is -2.22. The maximum absolute atomic E-state index is 12.1. The average molecular weight is 369 g/mol. The first-order chi connectivity index (χ1) is 12.5. The molecule has 8 heteroatoms. The molecule has 2 aromatic rings. The van der Waals surface area contributed by atoms with E-state index in [1.54, 1.807) is 0 Å². The average Bonchev–Trinajstić information content (AvgIpc) is 3.20. The highest BCUT2D eigenvalue weighted by Crippen LogP contribution is 2.38. The van der Waals surface area contributed by atoms with Gasteiger partial charge in [0, 0.05) is 4.88 Å². The van der Waals surface area contributed by atoms with Gasteiger partial charge in [0.25, 0.3) is 11.8 Å². The minimum atomic E-state index is -0.673. The number of carbonyl (C=O) groups is 3. The Hall–Kier alpha value is -3.18. The van der Waals surface area contributed by atoms with Crippen LogP contribution in [0.3, 0.4) is 0 Å².